The van der Waals surface area contributed by atoms with E-state index in [-0.39, 0.29) is 29.9 Å². The second-order valence-electron chi connectivity index (χ2n) is 7.83. The second kappa shape index (κ2) is 11.7. The molecule has 8 heteroatoms. The highest BCUT2D eigenvalue weighted by atomic mass is 35.5. The molecule has 0 saturated heterocycles. The Kier molecular flexibility index (Phi) is 9.97. The van der Waals surface area contributed by atoms with Gasteiger partial charge in [-0.2, -0.15) is 0 Å². The first kappa shape index (κ1) is 26.4. The van der Waals surface area contributed by atoms with Gasteiger partial charge in [0.25, 0.3) is 0 Å². The van der Waals surface area contributed by atoms with Gasteiger partial charge in [-0.1, -0.05) is 24.3 Å². The number of carbonyl (C=O) groups excluding carboxylic acids is 2. The van der Waals surface area contributed by atoms with E-state index in [2.05, 4.69) is 11.4 Å². The molecule has 170 valence electrons. The number of amides is 2. The zero-order valence-corrected chi connectivity index (χ0v) is 19.3. The summed E-state index contributed by atoms with van der Waals surface area (Å²) in [6, 6.07) is 13.7. The van der Waals surface area contributed by atoms with Crippen LogP contribution < -0.4 is 10.2 Å². The van der Waals surface area contributed by atoms with E-state index in [4.69, 9.17) is 4.74 Å². The van der Waals surface area contributed by atoms with Gasteiger partial charge in [0.2, 0.25) is 5.91 Å². The molecule has 1 heterocycles. The van der Waals surface area contributed by atoms with E-state index in [1.165, 1.54) is 0 Å². The summed E-state index contributed by atoms with van der Waals surface area (Å²) < 4.78 is 5.18. The maximum absolute atomic E-state index is 13.2. The average Bonchev–Trinajstić information content (AvgIpc) is 2.82. The molecule has 3 rings (SSSR count). The number of benzene rings is 2. The first-order chi connectivity index (χ1) is 13.8. The summed E-state index contributed by atoms with van der Waals surface area (Å²) in [6.07, 6.45) is 1.41. The predicted molar refractivity (Wildman–Crippen MR) is 127 cm³/mol. The Morgan fingerprint density at radius 2 is 1.71 bits per heavy atom. The van der Waals surface area contributed by atoms with E-state index in [0.29, 0.717) is 18.7 Å². The quantitative estimate of drug-likeness (QED) is 0.747. The number of para-hydroxylation sites is 1. The zero-order chi connectivity index (χ0) is 21.0. The molecule has 0 spiro atoms. The lowest BCUT2D eigenvalue weighted by molar-refractivity contribution is -0.118. The van der Waals surface area contributed by atoms with Crippen LogP contribution >= 0.6 is 12.4 Å². The molecular weight excluding hydrogens is 418 g/mol. The molecule has 2 amide bonds. The first-order valence-electron chi connectivity index (χ1n) is 10.0. The van der Waals surface area contributed by atoms with Crippen molar-refractivity contribution in [1.29, 1.82) is 0 Å². The van der Waals surface area contributed by atoms with Crippen molar-refractivity contribution >= 4 is 41.5 Å². The smallest absolute Gasteiger partial charge is 0.411 e. The SMILES string of the molecule is CC(C)OC(=O)Nc1ccc2c(c1)N(C(=O)CCN(C)C)c1ccccc1CC2.Cl.O. The molecule has 0 bridgehead atoms. The predicted octanol–water partition coefficient (Wildman–Crippen LogP) is 3.96. The third-order valence-corrected chi connectivity index (χ3v) is 4.83. The van der Waals surface area contributed by atoms with Crippen LogP contribution in [0.3, 0.4) is 0 Å². The molecule has 0 atom stereocenters. The van der Waals surface area contributed by atoms with Crippen LogP contribution in [0.5, 0.6) is 0 Å². The lowest BCUT2D eigenvalue weighted by Crippen LogP contribution is -2.30. The lowest BCUT2D eigenvalue weighted by atomic mass is 10.0. The third-order valence-electron chi connectivity index (χ3n) is 4.83. The zero-order valence-electron chi connectivity index (χ0n) is 18.5. The lowest BCUT2D eigenvalue weighted by Gasteiger charge is -2.26. The largest absolute Gasteiger partial charge is 0.447 e. The summed E-state index contributed by atoms with van der Waals surface area (Å²) >= 11 is 0. The number of nitrogens with one attached hydrogen (secondary N) is 1. The number of fused-ring (bicyclic) bond motifs is 2. The number of halogens is 1. The number of aryl methyl sites for hydroxylation is 2. The van der Waals surface area contributed by atoms with Gasteiger partial charge in [-0.3, -0.25) is 15.0 Å². The van der Waals surface area contributed by atoms with E-state index in [0.717, 1.165) is 35.3 Å². The molecule has 2 aromatic carbocycles. The van der Waals surface area contributed by atoms with Crippen LogP contribution in [0.1, 0.15) is 31.4 Å². The highest BCUT2D eigenvalue weighted by Gasteiger charge is 2.26. The molecular formula is C23H32ClN3O4. The van der Waals surface area contributed by atoms with Crippen molar-refractivity contribution in [3.05, 3.63) is 53.6 Å². The van der Waals surface area contributed by atoms with Gasteiger partial charge >= 0.3 is 6.09 Å². The van der Waals surface area contributed by atoms with Crippen molar-refractivity contribution in [2.45, 2.75) is 39.2 Å². The van der Waals surface area contributed by atoms with Crippen LogP contribution in [0.25, 0.3) is 0 Å². The summed E-state index contributed by atoms with van der Waals surface area (Å²) in [6.45, 7) is 4.28. The van der Waals surface area contributed by atoms with Crippen molar-refractivity contribution < 1.29 is 19.8 Å². The molecule has 1 aliphatic heterocycles. The fourth-order valence-electron chi connectivity index (χ4n) is 3.46. The number of hydrogen-bond acceptors (Lipinski definition) is 4. The van der Waals surface area contributed by atoms with Crippen molar-refractivity contribution in [2.75, 3.05) is 30.9 Å². The minimum absolute atomic E-state index is 0. The monoisotopic (exact) mass is 449 g/mol. The molecule has 2 aromatic rings. The number of carbonyl (C=O) groups is 2. The fraction of sp³-hybridized carbons (Fsp3) is 0.391. The first-order valence-corrected chi connectivity index (χ1v) is 10.0. The Bertz CT molecular complexity index is 902. The molecule has 0 unspecified atom stereocenters. The van der Waals surface area contributed by atoms with Gasteiger partial charge in [-0.15, -0.1) is 12.4 Å². The molecule has 0 radical (unpaired) electrons. The van der Waals surface area contributed by atoms with Gasteiger partial charge < -0.3 is 15.1 Å². The second-order valence-corrected chi connectivity index (χ2v) is 7.83. The van der Waals surface area contributed by atoms with Gasteiger partial charge in [0, 0.05) is 18.7 Å². The molecule has 31 heavy (non-hydrogen) atoms. The maximum Gasteiger partial charge on any atom is 0.411 e. The number of hydrogen-bond donors (Lipinski definition) is 1. The average molecular weight is 450 g/mol. The number of anilines is 3. The van der Waals surface area contributed by atoms with E-state index < -0.39 is 6.09 Å². The standard InChI is InChI=1S/C23H29N3O3.ClH.H2O/c1-16(2)29-23(28)24-19-12-11-18-10-9-17-7-5-6-8-20(17)26(21(18)15-19)22(27)13-14-25(3)4;;/h5-8,11-12,15-16H,9-10,13-14H2,1-4H3,(H,24,28);1H;1H2. The number of nitrogens with zero attached hydrogens (tertiary/aromatic N) is 2. The van der Waals surface area contributed by atoms with Crippen LogP contribution in [0, 0.1) is 0 Å². The van der Waals surface area contributed by atoms with Crippen LogP contribution in [-0.4, -0.2) is 49.1 Å². The van der Waals surface area contributed by atoms with Crippen LogP contribution in [-0.2, 0) is 22.4 Å². The molecule has 1 aliphatic rings. The summed E-state index contributed by atoms with van der Waals surface area (Å²) in [5, 5.41) is 2.77. The van der Waals surface area contributed by atoms with Crippen molar-refractivity contribution in [3.8, 4) is 0 Å². The van der Waals surface area contributed by atoms with Crippen LogP contribution in [0.15, 0.2) is 42.5 Å². The van der Waals surface area contributed by atoms with Gasteiger partial charge in [0.05, 0.1) is 17.5 Å². The fourth-order valence-corrected chi connectivity index (χ4v) is 3.46. The minimum Gasteiger partial charge on any atom is -0.447 e. The Morgan fingerprint density at radius 3 is 2.35 bits per heavy atom. The van der Waals surface area contributed by atoms with Gasteiger partial charge in [0.1, 0.15) is 0 Å². The molecule has 0 aliphatic carbocycles. The van der Waals surface area contributed by atoms with Crippen molar-refractivity contribution in [3.63, 3.8) is 0 Å². The van der Waals surface area contributed by atoms with E-state index in [9.17, 15) is 9.59 Å². The van der Waals surface area contributed by atoms with Crippen molar-refractivity contribution in [2.24, 2.45) is 0 Å². The van der Waals surface area contributed by atoms with Crippen LogP contribution in [0.2, 0.25) is 0 Å². The molecule has 0 saturated carbocycles. The third kappa shape index (κ3) is 6.69. The van der Waals surface area contributed by atoms with Crippen molar-refractivity contribution in [1.82, 2.24) is 4.90 Å². The van der Waals surface area contributed by atoms with Gasteiger partial charge in [-0.25, -0.2) is 4.79 Å². The van der Waals surface area contributed by atoms with Gasteiger partial charge in [0.15, 0.2) is 0 Å². The summed E-state index contributed by atoms with van der Waals surface area (Å²) in [7, 11) is 3.92. The summed E-state index contributed by atoms with van der Waals surface area (Å²) in [5.41, 5.74) is 4.58. The van der Waals surface area contributed by atoms with Gasteiger partial charge in [-0.05, 0) is 70.1 Å². The van der Waals surface area contributed by atoms with E-state index >= 15 is 0 Å². The Balaban J connectivity index is 0.00000240. The molecule has 0 fully saturated rings. The highest BCUT2D eigenvalue weighted by Crippen LogP contribution is 2.38. The normalized spacial score (nSPS) is 12.1. The Hall–Kier alpha value is -2.61. The van der Waals surface area contributed by atoms with E-state index in [1.54, 1.807) is 18.7 Å². The summed E-state index contributed by atoms with van der Waals surface area (Å²) in [4.78, 5) is 29.1. The number of rotatable bonds is 5. The van der Waals surface area contributed by atoms with E-state index in [1.807, 2.05) is 55.4 Å². The molecule has 0 aromatic heterocycles. The minimum atomic E-state index is -0.501. The summed E-state index contributed by atoms with van der Waals surface area (Å²) in [5.74, 6) is 0.0382. The number of ether oxygens (including phenoxy) is 1. The molecule has 7 nitrogen and oxygen atoms in total. The van der Waals surface area contributed by atoms with Crippen LogP contribution in [0.4, 0.5) is 21.9 Å². The molecule has 3 N–H and O–H groups in total. The Labute approximate surface area is 190 Å². The Morgan fingerprint density at radius 1 is 1.06 bits per heavy atom. The highest BCUT2D eigenvalue weighted by molar-refractivity contribution is 6.03. The maximum atomic E-state index is 13.2. The topological polar surface area (TPSA) is 93.4 Å².